The highest BCUT2D eigenvalue weighted by atomic mass is 35.5. The Labute approximate surface area is 125 Å². The molecule has 0 fully saturated rings. The van der Waals surface area contributed by atoms with Crippen molar-refractivity contribution in [3.05, 3.63) is 64.4 Å². The fourth-order valence-electron chi connectivity index (χ4n) is 1.66. The fraction of sp³-hybridized carbons (Fsp3) is 0.0667. The summed E-state index contributed by atoms with van der Waals surface area (Å²) in [6, 6.07) is 9.61. The molecule has 0 atom stereocenters. The second kappa shape index (κ2) is 6.37. The normalized spacial score (nSPS) is 10.0. The number of ether oxygens (including phenoxy) is 1. The maximum Gasteiger partial charge on any atom is 0.337 e. The maximum atomic E-state index is 12.9. The zero-order chi connectivity index (χ0) is 15.4. The Morgan fingerprint density at radius 1 is 1.10 bits per heavy atom. The molecule has 2 rings (SSSR count). The zero-order valence-electron chi connectivity index (χ0n) is 11.0. The molecule has 0 unspecified atom stereocenters. The number of amides is 1. The van der Waals surface area contributed by atoms with Gasteiger partial charge in [-0.1, -0.05) is 11.6 Å². The molecule has 0 spiro atoms. The molecule has 6 heteroatoms. The molecule has 1 N–H and O–H groups in total. The lowest BCUT2D eigenvalue weighted by Crippen LogP contribution is -2.12. The Morgan fingerprint density at radius 3 is 2.29 bits per heavy atom. The third kappa shape index (κ3) is 3.58. The van der Waals surface area contributed by atoms with Crippen LogP contribution in [0.1, 0.15) is 20.7 Å². The molecule has 0 aliphatic heterocycles. The van der Waals surface area contributed by atoms with Gasteiger partial charge in [0.2, 0.25) is 0 Å². The first-order chi connectivity index (χ1) is 10.0. The van der Waals surface area contributed by atoms with Gasteiger partial charge in [-0.2, -0.15) is 0 Å². The van der Waals surface area contributed by atoms with E-state index in [1.54, 1.807) is 0 Å². The van der Waals surface area contributed by atoms with Crippen LogP contribution in [0.2, 0.25) is 5.02 Å². The van der Waals surface area contributed by atoms with E-state index in [0.29, 0.717) is 16.8 Å². The summed E-state index contributed by atoms with van der Waals surface area (Å²) in [5, 5.41) is 2.67. The first-order valence-corrected chi connectivity index (χ1v) is 6.34. The number of carbonyl (C=O) groups is 2. The molecule has 1 amide bonds. The van der Waals surface area contributed by atoms with Crippen LogP contribution in [0.4, 0.5) is 10.1 Å². The van der Waals surface area contributed by atoms with E-state index in [1.807, 2.05) is 0 Å². The van der Waals surface area contributed by atoms with Gasteiger partial charge in [0.15, 0.2) is 0 Å². The summed E-state index contributed by atoms with van der Waals surface area (Å²) in [5.41, 5.74) is 0.983. The molecule has 2 aromatic carbocycles. The highest BCUT2D eigenvalue weighted by Crippen LogP contribution is 2.23. The Hall–Kier alpha value is -2.40. The van der Waals surface area contributed by atoms with Crippen LogP contribution in [0.15, 0.2) is 42.5 Å². The number of carbonyl (C=O) groups excluding carboxylic acids is 2. The van der Waals surface area contributed by atoms with Crippen LogP contribution in [-0.4, -0.2) is 19.0 Å². The number of benzene rings is 2. The molecule has 0 aromatic heterocycles. The molecule has 108 valence electrons. The molecule has 2 aromatic rings. The lowest BCUT2D eigenvalue weighted by molar-refractivity contribution is 0.0600. The topological polar surface area (TPSA) is 55.4 Å². The number of rotatable bonds is 3. The predicted octanol–water partition coefficient (Wildman–Crippen LogP) is 3.52. The number of hydrogen-bond donors (Lipinski definition) is 1. The van der Waals surface area contributed by atoms with Crippen LogP contribution >= 0.6 is 11.6 Å². The van der Waals surface area contributed by atoms with Gasteiger partial charge in [-0.3, -0.25) is 4.79 Å². The average molecular weight is 308 g/mol. The van der Waals surface area contributed by atoms with Crippen molar-refractivity contribution in [3.8, 4) is 0 Å². The number of methoxy groups -OCH3 is 1. The summed E-state index contributed by atoms with van der Waals surface area (Å²) in [4.78, 5) is 23.3. The standard InChI is InChI=1S/C15H11ClFNO3/c1-21-15(20)10-4-2-9(3-5-10)14(19)18-13-7-6-11(17)8-12(13)16/h2-8H,1H3,(H,18,19). The van der Waals surface area contributed by atoms with Crippen LogP contribution < -0.4 is 5.32 Å². The van der Waals surface area contributed by atoms with Gasteiger partial charge in [0.25, 0.3) is 5.91 Å². The van der Waals surface area contributed by atoms with Crippen molar-refractivity contribution in [2.24, 2.45) is 0 Å². The molecule has 0 aliphatic carbocycles. The Bertz CT molecular complexity index is 686. The van der Waals surface area contributed by atoms with Crippen molar-refractivity contribution in [2.75, 3.05) is 12.4 Å². The van der Waals surface area contributed by atoms with Gasteiger partial charge >= 0.3 is 5.97 Å². The third-order valence-electron chi connectivity index (χ3n) is 2.75. The molecule has 0 radical (unpaired) electrons. The molecule has 0 aliphatic rings. The summed E-state index contributed by atoms with van der Waals surface area (Å²) in [6.45, 7) is 0. The van der Waals surface area contributed by atoms with Crippen LogP contribution in [0.5, 0.6) is 0 Å². The van der Waals surface area contributed by atoms with Crippen LogP contribution in [0.3, 0.4) is 0 Å². The minimum absolute atomic E-state index is 0.106. The first-order valence-electron chi connectivity index (χ1n) is 5.96. The second-order valence-corrected chi connectivity index (χ2v) is 4.55. The highest BCUT2D eigenvalue weighted by Gasteiger charge is 2.11. The number of hydrogen-bond acceptors (Lipinski definition) is 3. The van der Waals surface area contributed by atoms with E-state index in [4.69, 9.17) is 11.6 Å². The number of esters is 1. The van der Waals surface area contributed by atoms with E-state index in [2.05, 4.69) is 10.1 Å². The smallest absolute Gasteiger partial charge is 0.337 e. The summed E-state index contributed by atoms with van der Waals surface area (Å²) in [5.74, 6) is -1.39. The molecule has 0 saturated carbocycles. The highest BCUT2D eigenvalue weighted by molar-refractivity contribution is 6.33. The quantitative estimate of drug-likeness (QED) is 0.883. The minimum Gasteiger partial charge on any atom is -0.465 e. The molecule has 21 heavy (non-hydrogen) atoms. The molecule has 0 saturated heterocycles. The van der Waals surface area contributed by atoms with Crippen molar-refractivity contribution < 1.29 is 18.7 Å². The minimum atomic E-state index is -0.486. The van der Waals surface area contributed by atoms with E-state index >= 15 is 0 Å². The molecule has 0 bridgehead atoms. The van der Waals surface area contributed by atoms with Gasteiger partial charge in [-0.15, -0.1) is 0 Å². The Morgan fingerprint density at radius 2 is 1.71 bits per heavy atom. The van der Waals surface area contributed by atoms with E-state index in [9.17, 15) is 14.0 Å². The molecular weight excluding hydrogens is 297 g/mol. The van der Waals surface area contributed by atoms with Gasteiger partial charge < -0.3 is 10.1 Å². The second-order valence-electron chi connectivity index (χ2n) is 4.15. The van der Waals surface area contributed by atoms with Gasteiger partial charge in [-0.25, -0.2) is 9.18 Å². The first kappa shape index (κ1) is 15.0. The lowest BCUT2D eigenvalue weighted by Gasteiger charge is -2.07. The lowest BCUT2D eigenvalue weighted by atomic mass is 10.1. The number of halogens is 2. The van der Waals surface area contributed by atoms with Crippen molar-refractivity contribution in [3.63, 3.8) is 0 Å². The Kier molecular flexibility index (Phi) is 4.55. The maximum absolute atomic E-state index is 12.9. The summed E-state index contributed by atoms with van der Waals surface area (Å²) >= 11 is 5.83. The van der Waals surface area contributed by atoms with E-state index in [-0.39, 0.29) is 5.02 Å². The van der Waals surface area contributed by atoms with Crippen molar-refractivity contribution in [1.29, 1.82) is 0 Å². The van der Waals surface area contributed by atoms with Crippen molar-refractivity contribution in [2.45, 2.75) is 0 Å². The predicted molar refractivity (Wildman–Crippen MR) is 77.1 cm³/mol. The fourth-order valence-corrected chi connectivity index (χ4v) is 1.88. The summed E-state index contributed by atoms with van der Waals surface area (Å²) in [7, 11) is 1.28. The SMILES string of the molecule is COC(=O)c1ccc(C(=O)Nc2ccc(F)cc2Cl)cc1. The van der Waals surface area contributed by atoms with Crippen LogP contribution in [-0.2, 0) is 4.74 Å². The Balaban J connectivity index is 2.15. The van der Waals surface area contributed by atoms with Crippen molar-refractivity contribution in [1.82, 2.24) is 0 Å². The van der Waals surface area contributed by atoms with Crippen LogP contribution in [0.25, 0.3) is 0 Å². The van der Waals surface area contributed by atoms with Crippen molar-refractivity contribution >= 4 is 29.2 Å². The number of anilines is 1. The largest absolute Gasteiger partial charge is 0.465 e. The third-order valence-corrected chi connectivity index (χ3v) is 3.06. The molecular formula is C15H11ClFNO3. The van der Waals surface area contributed by atoms with E-state index < -0.39 is 17.7 Å². The summed E-state index contributed by atoms with van der Waals surface area (Å²) in [6.07, 6.45) is 0. The van der Waals surface area contributed by atoms with Gasteiger partial charge in [0.05, 0.1) is 23.4 Å². The zero-order valence-corrected chi connectivity index (χ0v) is 11.8. The van der Waals surface area contributed by atoms with Crippen LogP contribution in [0, 0.1) is 5.82 Å². The molecule has 4 nitrogen and oxygen atoms in total. The average Bonchev–Trinajstić information content (AvgIpc) is 2.49. The van der Waals surface area contributed by atoms with Gasteiger partial charge in [-0.05, 0) is 42.5 Å². The number of nitrogens with one attached hydrogen (secondary N) is 1. The van der Waals surface area contributed by atoms with E-state index in [1.165, 1.54) is 43.5 Å². The van der Waals surface area contributed by atoms with E-state index in [0.717, 1.165) is 6.07 Å². The van der Waals surface area contributed by atoms with Gasteiger partial charge in [0.1, 0.15) is 5.82 Å². The monoisotopic (exact) mass is 307 g/mol. The molecule has 0 heterocycles. The summed E-state index contributed by atoms with van der Waals surface area (Å²) < 4.78 is 17.5. The van der Waals surface area contributed by atoms with Gasteiger partial charge in [0, 0.05) is 5.56 Å².